The lowest BCUT2D eigenvalue weighted by atomic mass is 10.1. The first kappa shape index (κ1) is 20.4. The van der Waals surface area contributed by atoms with Crippen LogP contribution in [0.15, 0.2) is 90.0 Å². The van der Waals surface area contributed by atoms with Crippen LogP contribution in [0, 0.1) is 0 Å². The molecule has 152 valence electrons. The van der Waals surface area contributed by atoms with E-state index < -0.39 is 9.84 Å². The zero-order valence-electron chi connectivity index (χ0n) is 16.2. The third kappa shape index (κ3) is 4.64. The first-order chi connectivity index (χ1) is 14.5. The van der Waals surface area contributed by atoms with Crippen molar-refractivity contribution in [2.45, 2.75) is 17.9 Å². The summed E-state index contributed by atoms with van der Waals surface area (Å²) in [5.74, 6) is 0.718. The summed E-state index contributed by atoms with van der Waals surface area (Å²) in [7, 11) is -3.53. The Morgan fingerprint density at radius 2 is 1.67 bits per heavy atom. The van der Waals surface area contributed by atoms with Gasteiger partial charge in [0.05, 0.1) is 21.2 Å². The Labute approximate surface area is 181 Å². The van der Waals surface area contributed by atoms with Gasteiger partial charge in [0.25, 0.3) is 0 Å². The molecule has 0 amide bonds. The highest BCUT2D eigenvalue weighted by atomic mass is 35.5. The predicted octanol–water partition coefficient (Wildman–Crippen LogP) is 5.48. The first-order valence-electron chi connectivity index (χ1n) is 9.54. The smallest absolute Gasteiger partial charge is 0.180 e. The van der Waals surface area contributed by atoms with Crippen LogP contribution < -0.4 is 4.74 Å². The second-order valence-corrected chi connectivity index (χ2v) is 9.41. The minimum atomic E-state index is -3.53. The van der Waals surface area contributed by atoms with Crippen molar-refractivity contribution < 1.29 is 13.2 Å². The minimum absolute atomic E-state index is 0.0272. The molecule has 0 aliphatic carbocycles. The number of nitrogens with zero attached hydrogens (tertiary/aromatic N) is 1. The molecule has 0 bridgehead atoms. The lowest BCUT2D eigenvalue weighted by Gasteiger charge is -2.11. The van der Waals surface area contributed by atoms with E-state index >= 15 is 0 Å². The van der Waals surface area contributed by atoms with Gasteiger partial charge in [-0.25, -0.2) is 8.42 Å². The SMILES string of the molecule is O=S(=O)(CCc1ccnc2ccccc12)c1ccc(COc2ccccc2)cc1Cl. The number of sulfone groups is 1. The van der Waals surface area contributed by atoms with E-state index in [9.17, 15) is 8.42 Å². The van der Waals surface area contributed by atoms with Gasteiger partial charge in [-0.15, -0.1) is 0 Å². The van der Waals surface area contributed by atoms with Crippen LogP contribution >= 0.6 is 11.6 Å². The molecule has 0 saturated heterocycles. The van der Waals surface area contributed by atoms with Crippen LogP contribution in [0.2, 0.25) is 5.02 Å². The summed E-state index contributed by atoms with van der Waals surface area (Å²) in [6, 6.07) is 24.0. The predicted molar refractivity (Wildman–Crippen MR) is 120 cm³/mol. The van der Waals surface area contributed by atoms with Crippen LogP contribution in [0.3, 0.4) is 0 Å². The molecule has 0 saturated carbocycles. The van der Waals surface area contributed by atoms with E-state index in [1.807, 2.05) is 60.7 Å². The quantitative estimate of drug-likeness (QED) is 0.384. The molecule has 0 radical (unpaired) electrons. The van der Waals surface area contributed by atoms with Crippen LogP contribution in [0.4, 0.5) is 0 Å². The van der Waals surface area contributed by atoms with E-state index in [1.165, 1.54) is 0 Å². The highest BCUT2D eigenvalue weighted by Crippen LogP contribution is 2.26. The van der Waals surface area contributed by atoms with Crippen molar-refractivity contribution in [3.05, 3.63) is 101 Å². The fraction of sp³-hybridized carbons (Fsp3) is 0.125. The number of hydrogen-bond acceptors (Lipinski definition) is 4. The van der Waals surface area contributed by atoms with Gasteiger partial charge in [0, 0.05) is 11.6 Å². The van der Waals surface area contributed by atoms with Gasteiger partial charge in [-0.3, -0.25) is 4.98 Å². The molecular formula is C24H20ClNO3S. The summed E-state index contributed by atoms with van der Waals surface area (Å²) in [6.45, 7) is 0.313. The molecular weight excluding hydrogens is 418 g/mol. The zero-order chi connectivity index (χ0) is 21.0. The molecule has 0 aliphatic rings. The van der Waals surface area contributed by atoms with E-state index in [1.54, 1.807) is 24.4 Å². The van der Waals surface area contributed by atoms with Crippen molar-refractivity contribution >= 4 is 32.3 Å². The number of benzene rings is 3. The number of pyridine rings is 1. The van der Waals surface area contributed by atoms with Crippen LogP contribution in [-0.4, -0.2) is 19.2 Å². The molecule has 1 aromatic heterocycles. The van der Waals surface area contributed by atoms with Crippen molar-refractivity contribution in [1.82, 2.24) is 4.98 Å². The molecule has 0 N–H and O–H groups in total. The number of aryl methyl sites for hydroxylation is 1. The Bertz CT molecular complexity index is 1270. The summed E-state index contributed by atoms with van der Waals surface area (Å²) >= 11 is 6.33. The maximum Gasteiger partial charge on any atom is 0.180 e. The number of ether oxygens (including phenoxy) is 1. The number of rotatable bonds is 7. The van der Waals surface area contributed by atoms with Gasteiger partial charge in [-0.2, -0.15) is 0 Å². The Kier molecular flexibility index (Phi) is 6.02. The Hall–Kier alpha value is -2.89. The number of hydrogen-bond donors (Lipinski definition) is 0. The second-order valence-electron chi connectivity index (χ2n) is 6.92. The van der Waals surface area contributed by atoms with Crippen molar-refractivity contribution in [2.75, 3.05) is 5.75 Å². The average molecular weight is 438 g/mol. The zero-order valence-corrected chi connectivity index (χ0v) is 17.7. The highest BCUT2D eigenvalue weighted by Gasteiger charge is 2.19. The first-order valence-corrected chi connectivity index (χ1v) is 11.6. The van der Waals surface area contributed by atoms with Gasteiger partial charge in [0.15, 0.2) is 9.84 Å². The van der Waals surface area contributed by atoms with Crippen molar-refractivity contribution in [3.63, 3.8) is 0 Å². The van der Waals surface area contributed by atoms with Crippen LogP contribution in [0.5, 0.6) is 5.75 Å². The fourth-order valence-corrected chi connectivity index (χ4v) is 5.19. The molecule has 0 unspecified atom stereocenters. The molecule has 0 fully saturated rings. The maximum atomic E-state index is 12.9. The van der Waals surface area contributed by atoms with Gasteiger partial charge >= 0.3 is 0 Å². The van der Waals surface area contributed by atoms with E-state index in [0.29, 0.717) is 13.0 Å². The molecule has 4 rings (SSSR count). The summed E-state index contributed by atoms with van der Waals surface area (Å²) in [4.78, 5) is 4.47. The van der Waals surface area contributed by atoms with Crippen LogP contribution in [0.1, 0.15) is 11.1 Å². The van der Waals surface area contributed by atoms with Gasteiger partial charge in [0.1, 0.15) is 12.4 Å². The van der Waals surface area contributed by atoms with E-state index in [4.69, 9.17) is 16.3 Å². The largest absolute Gasteiger partial charge is 0.489 e. The molecule has 6 heteroatoms. The number of halogens is 1. The standard InChI is InChI=1S/C24H20ClNO3S/c25-22-16-18(17-29-20-6-2-1-3-7-20)10-11-24(22)30(27,28)15-13-19-12-14-26-23-9-5-4-8-21(19)23/h1-12,14,16H,13,15,17H2. The molecule has 4 nitrogen and oxygen atoms in total. The Morgan fingerprint density at radius 1 is 0.900 bits per heavy atom. The lowest BCUT2D eigenvalue weighted by Crippen LogP contribution is -2.10. The van der Waals surface area contributed by atoms with E-state index in [0.717, 1.165) is 27.8 Å². The van der Waals surface area contributed by atoms with Gasteiger partial charge in [-0.1, -0.05) is 54.1 Å². The molecule has 0 aliphatic heterocycles. The monoisotopic (exact) mass is 437 g/mol. The summed E-state index contributed by atoms with van der Waals surface area (Å²) < 4.78 is 31.5. The van der Waals surface area contributed by atoms with Gasteiger partial charge < -0.3 is 4.74 Å². The Morgan fingerprint density at radius 3 is 2.47 bits per heavy atom. The minimum Gasteiger partial charge on any atom is -0.489 e. The van der Waals surface area contributed by atoms with Crippen LogP contribution in [-0.2, 0) is 22.9 Å². The second kappa shape index (κ2) is 8.86. The summed E-state index contributed by atoms with van der Waals surface area (Å²) in [5, 5.41) is 1.18. The van der Waals surface area contributed by atoms with Gasteiger partial charge in [0.2, 0.25) is 0 Å². The summed E-state index contributed by atoms with van der Waals surface area (Å²) in [5.41, 5.74) is 2.62. The highest BCUT2D eigenvalue weighted by molar-refractivity contribution is 7.91. The third-order valence-corrected chi connectivity index (χ3v) is 7.05. The number of aromatic nitrogens is 1. The van der Waals surface area contributed by atoms with Crippen molar-refractivity contribution in [2.24, 2.45) is 0 Å². The van der Waals surface area contributed by atoms with E-state index in [-0.39, 0.29) is 15.7 Å². The van der Waals surface area contributed by atoms with Crippen LogP contribution in [0.25, 0.3) is 10.9 Å². The topological polar surface area (TPSA) is 56.3 Å². The lowest BCUT2D eigenvalue weighted by molar-refractivity contribution is 0.306. The summed E-state index contributed by atoms with van der Waals surface area (Å²) in [6.07, 6.45) is 2.10. The number of para-hydroxylation sites is 2. The third-order valence-electron chi connectivity index (χ3n) is 4.86. The molecule has 1 heterocycles. The molecule has 3 aromatic carbocycles. The average Bonchev–Trinajstić information content (AvgIpc) is 2.77. The fourth-order valence-electron chi connectivity index (χ4n) is 3.30. The maximum absolute atomic E-state index is 12.9. The van der Waals surface area contributed by atoms with Crippen molar-refractivity contribution in [1.29, 1.82) is 0 Å². The number of fused-ring (bicyclic) bond motifs is 1. The molecule has 30 heavy (non-hydrogen) atoms. The van der Waals surface area contributed by atoms with Crippen molar-refractivity contribution in [3.8, 4) is 5.75 Å². The van der Waals surface area contributed by atoms with E-state index in [2.05, 4.69) is 4.98 Å². The molecule has 0 spiro atoms. The molecule has 0 atom stereocenters. The Balaban J connectivity index is 1.48. The normalized spacial score (nSPS) is 11.5. The molecule has 4 aromatic rings. The van der Waals surface area contributed by atoms with Gasteiger partial charge in [-0.05, 0) is 53.9 Å².